The predicted octanol–water partition coefficient (Wildman–Crippen LogP) is 2.68. The summed E-state index contributed by atoms with van der Waals surface area (Å²) in [7, 11) is 0. The first-order chi connectivity index (χ1) is 13.7. The summed E-state index contributed by atoms with van der Waals surface area (Å²) in [4.78, 5) is 26.3. The zero-order valence-corrected chi connectivity index (χ0v) is 17.3. The number of carbonyl (C=O) groups is 2. The molecule has 1 aromatic carbocycles. The SMILES string of the molecule is Cl.O=C(NCc1ccc(N2CCCCC2=O)cc1)c1ccn(C2CCCNC2)n1. The first kappa shape index (κ1) is 21.3. The summed E-state index contributed by atoms with van der Waals surface area (Å²) in [6.45, 7) is 3.17. The van der Waals surface area contributed by atoms with E-state index in [-0.39, 0.29) is 24.2 Å². The Labute approximate surface area is 177 Å². The maximum absolute atomic E-state index is 12.4. The second-order valence-corrected chi connectivity index (χ2v) is 7.53. The van der Waals surface area contributed by atoms with Gasteiger partial charge in [0, 0.05) is 37.9 Å². The number of anilines is 1. The minimum absolute atomic E-state index is 0. The van der Waals surface area contributed by atoms with Gasteiger partial charge in [-0.1, -0.05) is 12.1 Å². The van der Waals surface area contributed by atoms with Crippen LogP contribution in [-0.2, 0) is 11.3 Å². The van der Waals surface area contributed by atoms with E-state index in [0.29, 0.717) is 24.7 Å². The molecule has 2 N–H and O–H groups in total. The number of carbonyl (C=O) groups excluding carboxylic acids is 2. The van der Waals surface area contributed by atoms with Crippen molar-refractivity contribution >= 4 is 29.9 Å². The summed E-state index contributed by atoms with van der Waals surface area (Å²) in [5.74, 6) is 0.0221. The fourth-order valence-electron chi connectivity index (χ4n) is 3.87. The van der Waals surface area contributed by atoms with E-state index >= 15 is 0 Å². The molecule has 4 rings (SSSR count). The summed E-state index contributed by atoms with van der Waals surface area (Å²) in [5, 5.41) is 10.7. The minimum Gasteiger partial charge on any atom is -0.347 e. The number of benzene rings is 1. The Bertz CT molecular complexity index is 830. The summed E-state index contributed by atoms with van der Waals surface area (Å²) < 4.78 is 1.89. The molecule has 0 radical (unpaired) electrons. The van der Waals surface area contributed by atoms with Crippen LogP contribution >= 0.6 is 12.4 Å². The van der Waals surface area contributed by atoms with Gasteiger partial charge in [0.1, 0.15) is 5.69 Å². The molecule has 3 heterocycles. The minimum atomic E-state index is -0.169. The fraction of sp³-hybridized carbons (Fsp3) is 0.476. The predicted molar refractivity (Wildman–Crippen MR) is 114 cm³/mol. The number of rotatable bonds is 5. The maximum Gasteiger partial charge on any atom is 0.272 e. The quantitative estimate of drug-likeness (QED) is 0.783. The lowest BCUT2D eigenvalue weighted by Gasteiger charge is -2.26. The molecule has 156 valence electrons. The topological polar surface area (TPSA) is 79.3 Å². The molecule has 2 aliphatic heterocycles. The van der Waals surface area contributed by atoms with Gasteiger partial charge < -0.3 is 15.5 Å². The molecule has 2 amide bonds. The summed E-state index contributed by atoms with van der Waals surface area (Å²) in [6.07, 6.45) is 6.75. The Morgan fingerprint density at radius 1 is 1.17 bits per heavy atom. The molecule has 0 spiro atoms. The zero-order chi connectivity index (χ0) is 19.3. The highest BCUT2D eigenvalue weighted by atomic mass is 35.5. The van der Waals surface area contributed by atoms with E-state index in [0.717, 1.165) is 56.6 Å². The van der Waals surface area contributed by atoms with Crippen LogP contribution in [0.25, 0.3) is 0 Å². The van der Waals surface area contributed by atoms with Gasteiger partial charge in [-0.3, -0.25) is 14.3 Å². The Hall–Kier alpha value is -2.38. The fourth-order valence-corrected chi connectivity index (χ4v) is 3.87. The molecular formula is C21H28ClN5O2. The third-order valence-corrected chi connectivity index (χ3v) is 5.51. The van der Waals surface area contributed by atoms with Crippen LogP contribution in [-0.4, -0.2) is 41.2 Å². The van der Waals surface area contributed by atoms with Crippen LogP contribution in [0.5, 0.6) is 0 Å². The van der Waals surface area contributed by atoms with E-state index in [1.54, 1.807) is 6.07 Å². The molecule has 1 unspecified atom stereocenters. The summed E-state index contributed by atoms with van der Waals surface area (Å²) in [6, 6.07) is 9.92. The molecule has 7 nitrogen and oxygen atoms in total. The molecule has 8 heteroatoms. The van der Waals surface area contributed by atoms with Gasteiger partial charge >= 0.3 is 0 Å². The van der Waals surface area contributed by atoms with E-state index in [2.05, 4.69) is 15.7 Å². The Kier molecular flexibility index (Phi) is 7.28. The molecule has 0 saturated carbocycles. The third kappa shape index (κ3) is 5.16. The van der Waals surface area contributed by atoms with Gasteiger partial charge in [-0.2, -0.15) is 5.10 Å². The van der Waals surface area contributed by atoms with Crippen molar-refractivity contribution in [3.8, 4) is 0 Å². The van der Waals surface area contributed by atoms with Gasteiger partial charge in [-0.15, -0.1) is 12.4 Å². The van der Waals surface area contributed by atoms with E-state index in [1.807, 2.05) is 40.0 Å². The van der Waals surface area contributed by atoms with Crippen LogP contribution < -0.4 is 15.5 Å². The van der Waals surface area contributed by atoms with Crippen LogP contribution in [0.15, 0.2) is 36.5 Å². The van der Waals surface area contributed by atoms with Crippen LogP contribution in [0.1, 0.15) is 54.2 Å². The standard InChI is InChI=1S/C21H27N5O2.ClH/c27-20-5-1-2-12-25(20)17-8-6-16(7-9-17)14-23-21(28)19-10-13-26(24-19)18-4-3-11-22-15-18;/h6-10,13,18,22H,1-5,11-12,14-15H2,(H,23,28);1H. The molecule has 29 heavy (non-hydrogen) atoms. The molecular weight excluding hydrogens is 390 g/mol. The van der Waals surface area contributed by atoms with E-state index in [4.69, 9.17) is 0 Å². The number of aromatic nitrogens is 2. The monoisotopic (exact) mass is 417 g/mol. The molecule has 2 aromatic rings. The van der Waals surface area contributed by atoms with Gasteiger partial charge in [0.2, 0.25) is 5.91 Å². The average molecular weight is 418 g/mol. The van der Waals surface area contributed by atoms with E-state index in [1.165, 1.54) is 0 Å². The van der Waals surface area contributed by atoms with Crippen LogP contribution in [0.4, 0.5) is 5.69 Å². The van der Waals surface area contributed by atoms with Crippen LogP contribution in [0, 0.1) is 0 Å². The maximum atomic E-state index is 12.4. The molecule has 2 fully saturated rings. The number of hydrogen-bond donors (Lipinski definition) is 2. The smallest absolute Gasteiger partial charge is 0.272 e. The lowest BCUT2D eigenvalue weighted by Crippen LogP contribution is -2.35. The Morgan fingerprint density at radius 3 is 2.72 bits per heavy atom. The molecule has 2 saturated heterocycles. The molecule has 2 aliphatic rings. The van der Waals surface area contributed by atoms with Crippen molar-refractivity contribution in [3.05, 3.63) is 47.8 Å². The van der Waals surface area contributed by atoms with E-state index < -0.39 is 0 Å². The first-order valence-electron chi connectivity index (χ1n) is 10.1. The number of nitrogens with zero attached hydrogens (tertiary/aromatic N) is 3. The lowest BCUT2D eigenvalue weighted by molar-refractivity contribution is -0.119. The third-order valence-electron chi connectivity index (χ3n) is 5.51. The van der Waals surface area contributed by atoms with Crippen molar-refractivity contribution in [3.63, 3.8) is 0 Å². The van der Waals surface area contributed by atoms with Gasteiger partial charge in [-0.25, -0.2) is 0 Å². The van der Waals surface area contributed by atoms with Crippen molar-refractivity contribution in [2.75, 3.05) is 24.5 Å². The second kappa shape index (κ2) is 9.89. The second-order valence-electron chi connectivity index (χ2n) is 7.53. The summed E-state index contributed by atoms with van der Waals surface area (Å²) >= 11 is 0. The highest BCUT2D eigenvalue weighted by Gasteiger charge is 2.20. The van der Waals surface area contributed by atoms with E-state index in [9.17, 15) is 9.59 Å². The largest absolute Gasteiger partial charge is 0.347 e. The molecule has 1 atom stereocenters. The van der Waals surface area contributed by atoms with Crippen molar-refractivity contribution in [2.45, 2.75) is 44.7 Å². The highest BCUT2D eigenvalue weighted by Crippen LogP contribution is 2.21. The molecule has 1 aromatic heterocycles. The number of nitrogens with one attached hydrogen (secondary N) is 2. The van der Waals surface area contributed by atoms with Gasteiger partial charge in [0.05, 0.1) is 6.04 Å². The van der Waals surface area contributed by atoms with Gasteiger partial charge in [-0.05, 0) is 56.0 Å². The van der Waals surface area contributed by atoms with Gasteiger partial charge in [0.25, 0.3) is 5.91 Å². The number of hydrogen-bond acceptors (Lipinski definition) is 4. The first-order valence-corrected chi connectivity index (χ1v) is 10.1. The summed E-state index contributed by atoms with van der Waals surface area (Å²) in [5.41, 5.74) is 2.37. The van der Waals surface area contributed by atoms with Crippen molar-refractivity contribution in [2.24, 2.45) is 0 Å². The average Bonchev–Trinajstić information content (AvgIpc) is 3.24. The molecule has 0 bridgehead atoms. The number of piperidine rings is 2. The van der Waals surface area contributed by atoms with Crippen molar-refractivity contribution < 1.29 is 9.59 Å². The highest BCUT2D eigenvalue weighted by molar-refractivity contribution is 5.94. The zero-order valence-electron chi connectivity index (χ0n) is 16.5. The van der Waals surface area contributed by atoms with Crippen molar-refractivity contribution in [1.82, 2.24) is 20.4 Å². The molecule has 0 aliphatic carbocycles. The number of amides is 2. The van der Waals surface area contributed by atoms with Crippen LogP contribution in [0.2, 0.25) is 0 Å². The van der Waals surface area contributed by atoms with Gasteiger partial charge in [0.15, 0.2) is 0 Å². The Morgan fingerprint density at radius 2 is 2.00 bits per heavy atom. The Balaban J connectivity index is 0.00000240. The van der Waals surface area contributed by atoms with Crippen LogP contribution in [0.3, 0.4) is 0 Å². The van der Waals surface area contributed by atoms with Crippen molar-refractivity contribution in [1.29, 1.82) is 0 Å². The lowest BCUT2D eigenvalue weighted by atomic mass is 10.1. The number of halogens is 1. The normalized spacial score (nSPS) is 19.5.